The van der Waals surface area contributed by atoms with Crippen LogP contribution in [0.4, 0.5) is 0 Å². The van der Waals surface area contributed by atoms with Crippen molar-refractivity contribution in [3.8, 4) is 0 Å². The first-order valence-corrected chi connectivity index (χ1v) is 53.2. The molecular formula is C110H231N17O16. The van der Waals surface area contributed by atoms with Gasteiger partial charge in [-0.3, -0.25) is 76.7 Å². The van der Waals surface area contributed by atoms with Crippen LogP contribution in [0.1, 0.15) is 412 Å². The smallest absolute Gasteiger partial charge is 0.239 e. The van der Waals surface area contributed by atoms with Crippen molar-refractivity contribution in [2.75, 3.05) is 52.4 Å². The summed E-state index contributed by atoms with van der Waals surface area (Å²) >= 11 is 0. The fourth-order valence-electron chi connectivity index (χ4n) is 9.23. The van der Waals surface area contributed by atoms with Crippen LogP contribution in [-0.2, 0) is 76.7 Å². The molecular weight excluding hydrogens is 1820 g/mol. The molecule has 0 aliphatic heterocycles. The molecule has 852 valence electrons. The van der Waals surface area contributed by atoms with Crippen LogP contribution in [0, 0.1) is 82.3 Å². The lowest BCUT2D eigenvalue weighted by molar-refractivity contribution is -0.131. The molecule has 14 amide bonds. The van der Waals surface area contributed by atoms with Gasteiger partial charge in [-0.2, -0.15) is 0 Å². The lowest BCUT2D eigenvalue weighted by Gasteiger charge is -2.17. The summed E-state index contributed by atoms with van der Waals surface area (Å²) in [6.07, 6.45) is 5.05. The number of amides is 14. The molecule has 143 heavy (non-hydrogen) atoms. The van der Waals surface area contributed by atoms with Crippen LogP contribution in [0.15, 0.2) is 0 Å². The molecule has 0 aliphatic rings. The summed E-state index contributed by atoms with van der Waals surface area (Å²) < 4.78 is 0. The van der Waals surface area contributed by atoms with Gasteiger partial charge in [0.05, 0.1) is 26.2 Å². The first-order valence-electron chi connectivity index (χ1n) is 53.2. The topological polar surface area (TPSA) is 478 Å². The second-order valence-corrected chi connectivity index (χ2v) is 45.0. The third-order valence-electron chi connectivity index (χ3n) is 16.6. The number of carbonyl (C=O) groups excluding carboxylic acids is 16. The quantitative estimate of drug-likeness (QED) is 0.0199. The second-order valence-electron chi connectivity index (χ2n) is 45.0. The van der Waals surface area contributed by atoms with Crippen molar-refractivity contribution in [2.24, 2.45) is 82.3 Å². The zero-order valence-corrected chi connectivity index (χ0v) is 102. The van der Waals surface area contributed by atoms with Crippen molar-refractivity contribution in [3.05, 3.63) is 0 Å². The average Bonchev–Trinajstić information content (AvgIpc) is 0.907. The molecule has 0 atom stereocenters. The molecule has 0 aromatic heterocycles. The maximum Gasteiger partial charge on any atom is 0.239 e. The number of nitrogens with one attached hydrogen (secondary N) is 17. The van der Waals surface area contributed by atoms with E-state index in [4.69, 9.17) is 0 Å². The molecule has 0 aromatic carbocycles. The Morgan fingerprint density at radius 3 is 0.783 bits per heavy atom. The second kappa shape index (κ2) is 101. The number of carbonyl (C=O) groups is 16. The van der Waals surface area contributed by atoms with Crippen LogP contribution in [-0.4, -0.2) is 219 Å². The van der Waals surface area contributed by atoms with Gasteiger partial charge in [0.25, 0.3) is 0 Å². The van der Waals surface area contributed by atoms with Gasteiger partial charge in [0.2, 0.25) is 82.7 Å². The summed E-state index contributed by atoms with van der Waals surface area (Å²) in [6.45, 7) is 108. The van der Waals surface area contributed by atoms with Crippen molar-refractivity contribution in [1.29, 1.82) is 0 Å². The van der Waals surface area contributed by atoms with Crippen molar-refractivity contribution in [3.63, 3.8) is 0 Å². The molecule has 0 unspecified atom stereocenters. The molecule has 0 aromatic rings. The van der Waals surface area contributed by atoms with Gasteiger partial charge in [-0.05, 0) is 194 Å². The van der Waals surface area contributed by atoms with E-state index in [1.807, 2.05) is 284 Å². The Hall–Kier alpha value is -8.20. The van der Waals surface area contributed by atoms with E-state index in [1.165, 1.54) is 6.42 Å². The molecule has 0 saturated heterocycles. The van der Waals surface area contributed by atoms with Gasteiger partial charge in [0.1, 0.15) is 12.2 Å². The number of Topliss-reactive ketones (excluding diaryl/α,β-unsaturated/α-hetero) is 2. The Bertz CT molecular complexity index is 3110. The van der Waals surface area contributed by atoms with Crippen molar-refractivity contribution in [2.45, 2.75) is 484 Å². The SMILES string of the molecule is CC(C)C(=O)C(C)C.CC(C)C(=O)CNC(=O)C(C)(C)C.CC(C)CC(=O)NC(C)C.CC(C)CCC(=O)NC(C)C.CC(C)CCCNC(=O)C(C)C.CC(C)CNC(=O)C(C)C.CC(C)CNCC(=O)NC(C)C.CC(C)NC(=O)C(C)C.CC(C)NC(=O)C(C)C.CC(C)NC(=O)CC(=O)NC(C)C.CC(C)NC(=O)CNC(=O)C(C)C.CC(C)NCC(=O)NC(C)C.CC(C)NCCC(=O)NC(C)C. The van der Waals surface area contributed by atoms with E-state index >= 15 is 0 Å². The molecule has 33 heteroatoms. The maximum atomic E-state index is 11.3. The van der Waals surface area contributed by atoms with Gasteiger partial charge in [0, 0.05) is 164 Å². The van der Waals surface area contributed by atoms with Crippen molar-refractivity contribution < 1.29 is 76.7 Å². The van der Waals surface area contributed by atoms with Gasteiger partial charge in [-0.25, -0.2) is 0 Å². The summed E-state index contributed by atoms with van der Waals surface area (Å²) in [7, 11) is 0. The molecule has 0 radical (unpaired) electrons. The van der Waals surface area contributed by atoms with E-state index in [1.54, 1.807) is 13.8 Å². The van der Waals surface area contributed by atoms with Crippen LogP contribution >= 0.6 is 0 Å². The van der Waals surface area contributed by atoms with Gasteiger partial charge >= 0.3 is 0 Å². The summed E-state index contributed by atoms with van der Waals surface area (Å²) in [6, 6.07) is 2.89. The minimum atomic E-state index is -0.419. The van der Waals surface area contributed by atoms with Gasteiger partial charge in [-0.1, -0.05) is 228 Å². The van der Waals surface area contributed by atoms with Crippen molar-refractivity contribution >= 4 is 94.3 Å². The Morgan fingerprint density at radius 1 is 0.217 bits per heavy atom. The van der Waals surface area contributed by atoms with Gasteiger partial charge < -0.3 is 90.4 Å². The summed E-state index contributed by atoms with van der Waals surface area (Å²) in [5, 5.41) is 47.9. The average molecular weight is 2050 g/mol. The predicted octanol–water partition coefficient (Wildman–Crippen LogP) is 15.6. The summed E-state index contributed by atoms with van der Waals surface area (Å²) in [4.78, 5) is 176. The number of hydrogen-bond acceptors (Lipinski definition) is 19. The van der Waals surface area contributed by atoms with Crippen LogP contribution in [0.2, 0.25) is 0 Å². The van der Waals surface area contributed by atoms with E-state index in [0.29, 0.717) is 73.9 Å². The van der Waals surface area contributed by atoms with Crippen LogP contribution in [0.25, 0.3) is 0 Å². The highest BCUT2D eigenvalue weighted by atomic mass is 16.2. The highest BCUT2D eigenvalue weighted by Gasteiger charge is 2.23. The van der Waals surface area contributed by atoms with Crippen LogP contribution in [0.3, 0.4) is 0 Å². The maximum absolute atomic E-state index is 11.3. The number of rotatable bonds is 46. The minimum Gasteiger partial charge on any atom is -0.356 e. The molecule has 0 bridgehead atoms. The summed E-state index contributed by atoms with van der Waals surface area (Å²) in [5.41, 5.74) is -0.419. The molecule has 0 saturated carbocycles. The lowest BCUT2D eigenvalue weighted by Crippen LogP contribution is -2.40. The monoisotopic (exact) mass is 2050 g/mol. The predicted molar refractivity (Wildman–Crippen MR) is 599 cm³/mol. The third-order valence-corrected chi connectivity index (χ3v) is 16.6. The Kier molecular flexibility index (Phi) is 115. The number of ketones is 2. The van der Waals surface area contributed by atoms with E-state index in [9.17, 15) is 76.7 Å². The van der Waals surface area contributed by atoms with Crippen LogP contribution < -0.4 is 90.4 Å². The lowest BCUT2D eigenvalue weighted by atomic mass is 9.95. The molecule has 33 nitrogen and oxygen atoms in total. The van der Waals surface area contributed by atoms with E-state index in [2.05, 4.69) is 160 Å². The molecule has 0 rings (SSSR count). The largest absolute Gasteiger partial charge is 0.356 e. The Labute approximate surface area is 876 Å². The minimum absolute atomic E-state index is 0.0136. The molecule has 0 aliphatic carbocycles. The number of hydrogen-bond donors (Lipinski definition) is 17. The van der Waals surface area contributed by atoms with Crippen LogP contribution in [0.5, 0.6) is 0 Å². The van der Waals surface area contributed by atoms with Gasteiger partial charge in [-0.15, -0.1) is 0 Å². The van der Waals surface area contributed by atoms with E-state index in [-0.39, 0.29) is 216 Å². The first kappa shape index (κ1) is 163. The van der Waals surface area contributed by atoms with Crippen molar-refractivity contribution in [1.82, 2.24) is 90.4 Å². The molecule has 17 N–H and O–H groups in total. The molecule has 0 heterocycles. The zero-order chi connectivity index (χ0) is 116. The third kappa shape index (κ3) is 157. The molecule has 0 spiro atoms. The Balaban J connectivity index is -0.000000117. The summed E-state index contributed by atoms with van der Waals surface area (Å²) in [5.74, 6) is 4.50. The van der Waals surface area contributed by atoms with E-state index in [0.717, 1.165) is 44.9 Å². The normalized spacial score (nSPS) is 10.7. The molecule has 0 fully saturated rings. The fourth-order valence-corrected chi connectivity index (χ4v) is 9.23. The Morgan fingerprint density at radius 2 is 0.510 bits per heavy atom. The highest BCUT2D eigenvalue weighted by molar-refractivity contribution is 5.97. The standard InChI is InChI=1S/C10H19NO2.C10H21NO.2C9H18N2O2.2C9H20N2O.C9H19NO.C8H18N2O.2C8H17NO.2C7H15NO.C7H14O/c1-7(2)8(12)6-11-9(13)10(3,4)5;1-8(2)6-5-7-11-10(12)9(3)4;1-6(2)9(13)10-5-8(12)11-7(3)4;1-6(2)10-8(12)5-9(13)11-7(3)4;1-7(2)5-10-6-9(12)11-8(3)4;1-7(2)10-6-5-9(12)11-8(3)4;1-7(2)5-6-9(11)10-8(3)4;1-6(2)9-5-8(11)10-7(3)4;1-6(2)5-9-8(10)7(3)4;1-6(2)5-8(10)9-7(3)4;2*1-5(2)7(9)8-6(3)4;1-5(2)7(8)6(3)4/h7H,6H2,1-5H3,(H,11,13);8-9H,5-7H2,1-4H3,(H,11,12);6-7H,5H2,1-4H3,(H,10,13)(H,11,12);6-7H,5H2,1-4H3,(H,10,12)(H,11,13);2*7-8,10H,5-6H2,1-4H3,(H,11,12);7-8H,5-6H2,1-4H3,(H,10,11);6-7,9H,5H2,1-4H3,(H,10,11);2*6-7H,5H2,1-4H3,(H,9,10);2*5-6H,1-4H3,(H,8,9);5-6H,1-4H3. The van der Waals surface area contributed by atoms with Gasteiger partial charge in [0.15, 0.2) is 5.78 Å². The zero-order valence-electron chi connectivity index (χ0n) is 102. The van der Waals surface area contributed by atoms with E-state index < -0.39 is 5.41 Å². The highest BCUT2D eigenvalue weighted by Crippen LogP contribution is 2.13. The fraction of sp³-hybridized carbons (Fsp3) is 0.855. The first-order chi connectivity index (χ1) is 64.9.